The van der Waals surface area contributed by atoms with Crippen molar-refractivity contribution in [2.75, 3.05) is 5.32 Å². The number of pyridine rings is 1. The molecule has 1 N–H and O–H groups in total. The van der Waals surface area contributed by atoms with Crippen LogP contribution in [0.4, 0.5) is 14.6 Å². The number of aromatic nitrogens is 4. The molecule has 0 aromatic carbocycles. The van der Waals surface area contributed by atoms with Gasteiger partial charge in [-0.25, -0.2) is 23.4 Å². The zero-order valence-corrected chi connectivity index (χ0v) is 17.0. The van der Waals surface area contributed by atoms with Crippen LogP contribution < -0.4 is 5.32 Å². The number of carbonyl (C=O) groups is 1. The zero-order chi connectivity index (χ0) is 22.0. The predicted molar refractivity (Wildman–Crippen MR) is 109 cm³/mol. The van der Waals surface area contributed by atoms with E-state index in [1.165, 1.54) is 10.9 Å². The number of alkyl halides is 2. The lowest BCUT2D eigenvalue weighted by molar-refractivity contribution is -0.118. The Kier molecular flexibility index (Phi) is 5.63. The minimum atomic E-state index is -2.71. The smallest absolute Gasteiger partial charge is 0.299 e. The first-order valence-corrected chi connectivity index (χ1v) is 10.1. The predicted octanol–water partition coefficient (Wildman–Crippen LogP) is 3.96. The van der Waals surface area contributed by atoms with Crippen LogP contribution in [0.25, 0.3) is 0 Å². The van der Waals surface area contributed by atoms with Crippen LogP contribution >= 0.6 is 0 Å². The lowest BCUT2D eigenvalue weighted by Crippen LogP contribution is -2.26. The molecular formula is C22H22F2N6O. The summed E-state index contributed by atoms with van der Waals surface area (Å²) in [5.74, 6) is 0.211. The maximum Gasteiger partial charge on any atom is 0.299 e. The standard InChI is InChI=1S/C22H22F2N6O/c1-14-27-20(19(23)24)29-30(14)10-9-22(16-5-3-2-4-6-16)11-17(22)21(31)28-18-8-7-15(12-25)13-26-18/h2-5,7-8,13,16-17,19H,6,9-11H2,1H3,(H,26,28,31)/t16?,17-,22-/m0/s1. The zero-order valence-electron chi connectivity index (χ0n) is 17.0. The van der Waals surface area contributed by atoms with Crippen LogP contribution in [0.5, 0.6) is 0 Å². The Morgan fingerprint density at radius 3 is 2.87 bits per heavy atom. The molecule has 0 saturated heterocycles. The Labute approximate surface area is 178 Å². The molecular weight excluding hydrogens is 402 g/mol. The molecule has 0 bridgehead atoms. The molecule has 1 amide bonds. The third-order valence-electron chi connectivity index (χ3n) is 6.15. The summed E-state index contributed by atoms with van der Waals surface area (Å²) in [6, 6.07) is 5.20. The summed E-state index contributed by atoms with van der Waals surface area (Å²) in [5, 5.41) is 15.7. The van der Waals surface area contributed by atoms with Gasteiger partial charge in [-0.3, -0.25) is 4.79 Å². The average Bonchev–Trinajstić information content (AvgIpc) is 3.41. The molecule has 31 heavy (non-hydrogen) atoms. The summed E-state index contributed by atoms with van der Waals surface area (Å²) in [5.41, 5.74) is 0.144. The lowest BCUT2D eigenvalue weighted by Gasteiger charge is -2.26. The molecule has 2 aliphatic rings. The Morgan fingerprint density at radius 1 is 1.42 bits per heavy atom. The molecule has 0 spiro atoms. The van der Waals surface area contributed by atoms with Crippen molar-refractivity contribution in [2.24, 2.45) is 17.3 Å². The van der Waals surface area contributed by atoms with E-state index >= 15 is 0 Å². The van der Waals surface area contributed by atoms with Crippen molar-refractivity contribution in [3.8, 4) is 6.07 Å². The molecule has 0 aliphatic heterocycles. The molecule has 160 valence electrons. The van der Waals surface area contributed by atoms with Crippen LogP contribution in [-0.2, 0) is 11.3 Å². The molecule has 9 heteroatoms. The molecule has 4 rings (SSSR count). The largest absolute Gasteiger partial charge is 0.310 e. The summed E-state index contributed by atoms with van der Waals surface area (Å²) in [6.07, 6.45) is 9.03. The molecule has 1 fully saturated rings. The number of amides is 1. The summed E-state index contributed by atoms with van der Waals surface area (Å²) >= 11 is 0. The van der Waals surface area contributed by atoms with Crippen LogP contribution in [0.3, 0.4) is 0 Å². The van der Waals surface area contributed by atoms with E-state index in [9.17, 15) is 13.6 Å². The Balaban J connectivity index is 1.49. The summed E-state index contributed by atoms with van der Waals surface area (Å²) < 4.78 is 27.4. The van der Waals surface area contributed by atoms with Gasteiger partial charge in [0.25, 0.3) is 6.43 Å². The van der Waals surface area contributed by atoms with Crippen molar-refractivity contribution in [3.05, 3.63) is 59.8 Å². The van der Waals surface area contributed by atoms with E-state index in [4.69, 9.17) is 5.26 Å². The first kappa shape index (κ1) is 20.8. The van der Waals surface area contributed by atoms with Crippen molar-refractivity contribution < 1.29 is 13.6 Å². The fraction of sp³-hybridized carbons (Fsp3) is 0.409. The fourth-order valence-electron chi connectivity index (χ4n) is 4.36. The van der Waals surface area contributed by atoms with Gasteiger partial charge >= 0.3 is 0 Å². The van der Waals surface area contributed by atoms with Gasteiger partial charge in [0, 0.05) is 18.7 Å². The minimum Gasteiger partial charge on any atom is -0.310 e. The molecule has 2 aliphatic carbocycles. The highest BCUT2D eigenvalue weighted by Gasteiger charge is 2.60. The molecule has 0 radical (unpaired) electrons. The van der Waals surface area contributed by atoms with E-state index < -0.39 is 12.2 Å². The van der Waals surface area contributed by atoms with Crippen LogP contribution in [0.1, 0.15) is 42.9 Å². The van der Waals surface area contributed by atoms with Gasteiger partial charge in [-0.05, 0) is 49.7 Å². The number of rotatable bonds is 7. The fourth-order valence-corrected chi connectivity index (χ4v) is 4.36. The van der Waals surface area contributed by atoms with Gasteiger partial charge in [0.2, 0.25) is 11.7 Å². The van der Waals surface area contributed by atoms with Crippen molar-refractivity contribution in [2.45, 2.75) is 39.2 Å². The monoisotopic (exact) mass is 424 g/mol. The van der Waals surface area contributed by atoms with Crippen molar-refractivity contribution in [1.82, 2.24) is 19.7 Å². The second kappa shape index (κ2) is 8.38. The highest BCUT2D eigenvalue weighted by molar-refractivity contribution is 5.94. The Bertz CT molecular complexity index is 1070. The number of hydrogen-bond donors (Lipinski definition) is 1. The van der Waals surface area contributed by atoms with E-state index in [-0.39, 0.29) is 23.2 Å². The molecule has 2 heterocycles. The summed E-state index contributed by atoms with van der Waals surface area (Å²) in [7, 11) is 0. The number of allylic oxidation sites excluding steroid dienone is 4. The second-order valence-corrected chi connectivity index (χ2v) is 7.97. The van der Waals surface area contributed by atoms with E-state index in [0.29, 0.717) is 36.6 Å². The maximum absolute atomic E-state index is 13.0. The van der Waals surface area contributed by atoms with Gasteiger partial charge < -0.3 is 5.32 Å². The normalized spacial score (nSPS) is 24.2. The van der Waals surface area contributed by atoms with Crippen LogP contribution in [0, 0.1) is 35.5 Å². The number of nitrogens with one attached hydrogen (secondary N) is 1. The van der Waals surface area contributed by atoms with Gasteiger partial charge in [-0.15, -0.1) is 5.10 Å². The minimum absolute atomic E-state index is 0.122. The van der Waals surface area contributed by atoms with Gasteiger partial charge in [-0.2, -0.15) is 5.26 Å². The number of halogens is 2. The van der Waals surface area contributed by atoms with Crippen LogP contribution in [-0.4, -0.2) is 25.7 Å². The molecule has 7 nitrogen and oxygen atoms in total. The van der Waals surface area contributed by atoms with E-state index in [2.05, 4.69) is 32.5 Å². The third kappa shape index (κ3) is 4.24. The Hall–Kier alpha value is -3.41. The number of nitrogens with zero attached hydrogens (tertiary/aromatic N) is 5. The van der Waals surface area contributed by atoms with Gasteiger partial charge in [0.05, 0.1) is 5.56 Å². The summed E-state index contributed by atoms with van der Waals surface area (Å²) in [6.45, 7) is 2.07. The number of anilines is 1. The average molecular weight is 424 g/mol. The maximum atomic E-state index is 13.0. The number of carbonyl (C=O) groups excluding carboxylic acids is 1. The third-order valence-corrected chi connectivity index (χ3v) is 6.15. The van der Waals surface area contributed by atoms with Gasteiger partial charge in [0.1, 0.15) is 17.7 Å². The SMILES string of the molecule is Cc1nc(C(F)F)nn1CC[C@@]1(C2C=CC=CC2)C[C@H]1C(=O)Nc1ccc(C#N)cn1. The first-order valence-electron chi connectivity index (χ1n) is 10.1. The quantitative estimate of drug-likeness (QED) is 0.726. The highest BCUT2D eigenvalue weighted by Crippen LogP contribution is 2.62. The first-order chi connectivity index (χ1) is 14.9. The van der Waals surface area contributed by atoms with E-state index in [0.717, 1.165) is 6.42 Å². The van der Waals surface area contributed by atoms with Crippen LogP contribution in [0.2, 0.25) is 0 Å². The van der Waals surface area contributed by atoms with Crippen molar-refractivity contribution >= 4 is 11.7 Å². The molecule has 1 unspecified atom stereocenters. The molecule has 3 atom stereocenters. The van der Waals surface area contributed by atoms with Crippen molar-refractivity contribution in [1.29, 1.82) is 5.26 Å². The van der Waals surface area contributed by atoms with E-state index in [1.807, 2.05) is 18.2 Å². The number of hydrogen-bond acceptors (Lipinski definition) is 5. The van der Waals surface area contributed by atoms with Crippen LogP contribution in [0.15, 0.2) is 42.6 Å². The molecule has 2 aromatic heterocycles. The topological polar surface area (TPSA) is 96.5 Å². The summed E-state index contributed by atoms with van der Waals surface area (Å²) in [4.78, 5) is 20.9. The Morgan fingerprint density at radius 2 is 2.26 bits per heavy atom. The van der Waals surface area contributed by atoms with Gasteiger partial charge in [-0.1, -0.05) is 24.3 Å². The second-order valence-electron chi connectivity index (χ2n) is 7.97. The lowest BCUT2D eigenvalue weighted by atomic mass is 9.79. The molecule has 1 saturated carbocycles. The number of aryl methyl sites for hydroxylation is 2. The van der Waals surface area contributed by atoms with Crippen molar-refractivity contribution in [3.63, 3.8) is 0 Å². The van der Waals surface area contributed by atoms with E-state index in [1.54, 1.807) is 19.1 Å². The molecule has 2 aromatic rings. The van der Waals surface area contributed by atoms with Gasteiger partial charge in [0.15, 0.2) is 0 Å². The number of nitriles is 1. The highest BCUT2D eigenvalue weighted by atomic mass is 19.3.